The van der Waals surface area contributed by atoms with Crippen molar-refractivity contribution in [3.63, 3.8) is 0 Å². The summed E-state index contributed by atoms with van der Waals surface area (Å²) in [6.45, 7) is 3.43. The molecule has 0 saturated carbocycles. The van der Waals surface area contributed by atoms with Crippen molar-refractivity contribution in [1.82, 2.24) is 4.90 Å². The van der Waals surface area contributed by atoms with Crippen molar-refractivity contribution in [1.29, 1.82) is 0 Å². The van der Waals surface area contributed by atoms with Crippen LogP contribution in [0.15, 0.2) is 24.3 Å². The van der Waals surface area contributed by atoms with Gasteiger partial charge in [0.15, 0.2) is 0 Å². The monoisotopic (exact) mass is 927 g/mol. The highest BCUT2D eigenvalue weighted by atomic mass is 16.5. The van der Waals surface area contributed by atoms with Crippen LogP contribution in [0.5, 0.6) is 5.75 Å². The summed E-state index contributed by atoms with van der Waals surface area (Å²) in [4.78, 5) is 3.08. The van der Waals surface area contributed by atoms with E-state index in [2.05, 4.69) is 29.2 Å². The van der Waals surface area contributed by atoms with Crippen molar-refractivity contribution in [3.05, 3.63) is 63.2 Å². The Balaban J connectivity index is 1.12. The minimum Gasteiger partial charge on any atom is -0.497 e. The Morgan fingerprint density at radius 3 is 0.973 bits per heavy atom. The van der Waals surface area contributed by atoms with Gasteiger partial charge in [-0.1, -0.05) is 12.1 Å². The number of hydrogen-bond acceptors (Lipinski definition) is 3. The third-order valence-electron chi connectivity index (χ3n) is 26.5. The average molecular weight is 928 g/mol. The van der Waals surface area contributed by atoms with Crippen LogP contribution in [0.2, 0.25) is 0 Å². The molecular weight excluding hydrogens is 911 g/mol. The summed E-state index contributed by atoms with van der Waals surface area (Å²) in [5.41, 5.74) is 10.8. The summed E-state index contributed by atoms with van der Waals surface area (Å²) in [6, 6.07) is 9.38. The fraction of sp³-hybridized carbons (Fsp3) is 0.111. The van der Waals surface area contributed by atoms with Crippen molar-refractivity contribution in [2.45, 2.75) is 17.4 Å². The Hall–Kier alpha value is -8.60. The van der Waals surface area contributed by atoms with Crippen LogP contribution in [-0.2, 0) is 22.1 Å². The molecule has 2 unspecified atom stereocenters. The van der Waals surface area contributed by atoms with Gasteiger partial charge < -0.3 is 9.47 Å². The van der Waals surface area contributed by atoms with Gasteiger partial charge in [0.1, 0.15) is 11.3 Å². The predicted molar refractivity (Wildman–Crippen MR) is 311 cm³/mol. The van der Waals surface area contributed by atoms with Gasteiger partial charge in [-0.05, 0) is 338 Å². The van der Waals surface area contributed by atoms with Gasteiger partial charge in [-0.2, -0.15) is 0 Å². The number of benzene rings is 18. The summed E-state index contributed by atoms with van der Waals surface area (Å²) in [6.07, 6.45) is 0.932. The van der Waals surface area contributed by atoms with Gasteiger partial charge in [-0.15, -0.1) is 0 Å². The highest BCUT2D eigenvalue weighted by Gasteiger charge is 2.68. The lowest BCUT2D eigenvalue weighted by Crippen LogP contribution is -2.56. The maximum absolute atomic E-state index is 6.55. The van der Waals surface area contributed by atoms with Crippen LogP contribution in [0.25, 0.3) is 280 Å². The van der Waals surface area contributed by atoms with Crippen LogP contribution in [0, 0.1) is 0 Å². The quantitative estimate of drug-likeness (QED) is 0.164. The molecule has 0 N–H and O–H groups in total. The minimum absolute atomic E-state index is 0.399. The zero-order valence-corrected chi connectivity index (χ0v) is 39.1. The van der Waals surface area contributed by atoms with Gasteiger partial charge in [-0.25, -0.2) is 0 Å². The third kappa shape index (κ3) is 1.69. The van der Waals surface area contributed by atoms with E-state index in [1.165, 1.54) is 5.56 Å². The summed E-state index contributed by atoms with van der Waals surface area (Å²) >= 11 is 0. The molecule has 3 nitrogen and oxygen atoms in total. The Morgan fingerprint density at radius 1 is 0.333 bits per heavy atom. The van der Waals surface area contributed by atoms with Gasteiger partial charge >= 0.3 is 0 Å². The fourth-order valence-electron chi connectivity index (χ4n) is 26.1. The molecule has 1 fully saturated rings. The standard InChI is InChI=1S/C72H17NO2/c1-74-12-4-2-3-11(9-12)10-71-65-57-48-41-28-21-15-16-18-14-13-17(15)26(28)32-30-19(13)23-20(14)31-33-27(18)29-22(16)25-24(21)35-43-36(25)45-42(29)49-47(33)51-38(31)40-34(23)39-37(30)50(46(32)48)61(65)63-52(39)53(40)64-62(51)66-58(49)55(45)60-56(43)59(54(57)44(35)41)67(71)69(60)72(66,70(64)68(63)71)73-5-7-75-8-6-73/h2-4,9H,5-8,10H2,1H3. The van der Waals surface area contributed by atoms with E-state index >= 15 is 0 Å². The molecule has 0 amide bonds. The third-order valence-corrected chi connectivity index (χ3v) is 26.5. The van der Waals surface area contributed by atoms with Crippen molar-refractivity contribution >= 4 is 280 Å². The molecule has 3 heteroatoms. The number of rotatable bonds is 4. The Labute approximate surface area is 412 Å². The van der Waals surface area contributed by atoms with E-state index in [9.17, 15) is 0 Å². The molecule has 1 heterocycles. The SMILES string of the molecule is COc1cccc(CC23c4c5c6c7c8c9c%10c%11c(c2c2c%12c3c3c%13c4c6c4c6c%13c%13c3c3c%12c%12c%14c2c%11c2c%11c%10c%10c8c8c7c4c4c6c6c%13c7c3c%12c3c(c%142)c2c%11c%10c%10c8c4c4c%10c2c3c7c64)C59N2CCOCC2)c1. The summed E-state index contributed by atoms with van der Waals surface area (Å²) in [5.74, 6) is 0.970. The molecule has 28 aromatic carbocycles. The van der Waals surface area contributed by atoms with Gasteiger partial charge in [0.25, 0.3) is 0 Å². The van der Waals surface area contributed by atoms with E-state index in [0.29, 0.717) is 0 Å². The number of ether oxygens (including phenoxy) is 2. The first kappa shape index (κ1) is 29.3. The van der Waals surface area contributed by atoms with E-state index in [1.807, 2.05) is 7.11 Å². The molecule has 0 radical (unpaired) electrons. The second-order valence-electron chi connectivity index (χ2n) is 27.0. The van der Waals surface area contributed by atoms with Gasteiger partial charge in [-0.3, -0.25) is 4.90 Å². The Kier molecular flexibility index (Phi) is 2.72. The molecule has 5 aliphatic carbocycles. The molecule has 34 rings (SSSR count). The van der Waals surface area contributed by atoms with E-state index in [0.717, 1.165) is 38.5 Å². The van der Waals surface area contributed by atoms with Crippen LogP contribution in [-0.4, -0.2) is 38.3 Å². The van der Waals surface area contributed by atoms with E-state index in [1.54, 1.807) is 313 Å². The van der Waals surface area contributed by atoms with Crippen molar-refractivity contribution in [2.75, 3.05) is 33.4 Å². The summed E-state index contributed by atoms with van der Waals surface area (Å²) < 4.78 is 12.8. The van der Waals surface area contributed by atoms with Crippen LogP contribution in [0.4, 0.5) is 0 Å². The molecule has 1 aliphatic heterocycles. The predicted octanol–water partition coefficient (Wildman–Crippen LogP) is 17.5. The molecule has 0 bridgehead atoms. The number of morpholine rings is 1. The van der Waals surface area contributed by atoms with Crippen LogP contribution < -0.4 is 4.74 Å². The normalized spacial score (nSPS) is 22.6. The maximum Gasteiger partial charge on any atom is 0.119 e. The number of nitrogens with zero attached hydrogens (tertiary/aromatic N) is 1. The maximum atomic E-state index is 6.55. The first-order chi connectivity index (χ1) is 37.3. The molecule has 1 saturated heterocycles. The fourth-order valence-corrected chi connectivity index (χ4v) is 26.1. The lowest BCUT2D eigenvalue weighted by Gasteiger charge is -2.54. The first-order valence-corrected chi connectivity index (χ1v) is 28.1. The van der Waals surface area contributed by atoms with Crippen molar-refractivity contribution < 1.29 is 9.47 Å². The summed E-state index contributed by atoms with van der Waals surface area (Å²) in [5, 5.41) is 85.8. The molecule has 75 heavy (non-hydrogen) atoms. The van der Waals surface area contributed by atoms with Crippen LogP contribution in [0.1, 0.15) is 38.9 Å². The van der Waals surface area contributed by atoms with Crippen LogP contribution in [0.3, 0.4) is 0 Å². The van der Waals surface area contributed by atoms with E-state index in [-0.39, 0.29) is 0 Å². The topological polar surface area (TPSA) is 21.7 Å². The first-order valence-electron chi connectivity index (χ1n) is 28.1. The Morgan fingerprint density at radius 2 is 0.600 bits per heavy atom. The van der Waals surface area contributed by atoms with E-state index in [4.69, 9.17) is 9.47 Å². The molecule has 0 aromatic heterocycles. The molecule has 322 valence electrons. The lowest BCUT2D eigenvalue weighted by atomic mass is 9.55. The average Bonchev–Trinajstić information content (AvgIpc) is 2.48. The zero-order chi connectivity index (χ0) is 45.0. The smallest absolute Gasteiger partial charge is 0.119 e. The van der Waals surface area contributed by atoms with Gasteiger partial charge in [0, 0.05) is 13.1 Å². The highest BCUT2D eigenvalue weighted by Crippen LogP contribution is 2.84. The largest absolute Gasteiger partial charge is 0.497 e. The van der Waals surface area contributed by atoms with Gasteiger partial charge in [0.2, 0.25) is 0 Å². The molecule has 28 aromatic rings. The highest BCUT2D eigenvalue weighted by molar-refractivity contribution is 6.81. The number of hydrogen-bond donors (Lipinski definition) is 0. The second-order valence-corrected chi connectivity index (χ2v) is 27.0. The van der Waals surface area contributed by atoms with Gasteiger partial charge in [0.05, 0.1) is 25.7 Å². The summed E-state index contributed by atoms with van der Waals surface area (Å²) in [7, 11) is 1.87. The molecule has 2 atom stereocenters. The molecule has 6 aliphatic rings. The Bertz CT molecular complexity index is 7600. The van der Waals surface area contributed by atoms with Crippen LogP contribution >= 0.6 is 0 Å². The molecule has 0 spiro atoms. The minimum atomic E-state index is -0.441. The molecular formula is C72H17NO2. The zero-order valence-electron chi connectivity index (χ0n) is 39.1. The van der Waals surface area contributed by atoms with Crippen molar-refractivity contribution in [2.24, 2.45) is 0 Å². The second kappa shape index (κ2) is 6.96. The van der Waals surface area contributed by atoms with E-state index < -0.39 is 11.0 Å². The lowest BCUT2D eigenvalue weighted by molar-refractivity contribution is 0.00288. The number of methoxy groups -OCH3 is 1. The van der Waals surface area contributed by atoms with Crippen molar-refractivity contribution in [3.8, 4) is 5.75 Å².